The molecule has 0 bridgehead atoms. The maximum absolute atomic E-state index is 13.2. The van der Waals surface area contributed by atoms with Crippen molar-refractivity contribution in [1.82, 2.24) is 9.78 Å². The van der Waals surface area contributed by atoms with E-state index in [9.17, 15) is 13.2 Å². The Morgan fingerprint density at radius 2 is 2.12 bits per heavy atom. The number of hydrogen-bond donors (Lipinski definition) is 0. The first kappa shape index (κ1) is 17.4. The van der Waals surface area contributed by atoms with Gasteiger partial charge in [-0.15, -0.1) is 0 Å². The van der Waals surface area contributed by atoms with Gasteiger partial charge in [0.15, 0.2) is 11.5 Å². The van der Waals surface area contributed by atoms with Crippen molar-refractivity contribution in [3.63, 3.8) is 0 Å². The smallest absolute Gasteiger partial charge is 0.435 e. The van der Waals surface area contributed by atoms with Crippen LogP contribution in [0.2, 0.25) is 0 Å². The lowest BCUT2D eigenvalue weighted by atomic mass is 10.1. The molecule has 0 spiro atoms. The lowest BCUT2D eigenvalue weighted by Gasteiger charge is -2.12. The molecule has 0 amide bonds. The summed E-state index contributed by atoms with van der Waals surface area (Å²) >= 11 is 0. The lowest BCUT2D eigenvalue weighted by molar-refractivity contribution is -0.141. The molecule has 0 saturated carbocycles. The van der Waals surface area contributed by atoms with Crippen LogP contribution in [0.4, 0.5) is 13.2 Å². The van der Waals surface area contributed by atoms with Gasteiger partial charge in [-0.25, -0.2) is 4.68 Å². The number of methoxy groups -OCH3 is 1. The molecule has 3 aromatic rings. The van der Waals surface area contributed by atoms with Gasteiger partial charge in [0.05, 0.1) is 25.6 Å². The van der Waals surface area contributed by atoms with Crippen LogP contribution in [0.5, 0.6) is 5.75 Å². The summed E-state index contributed by atoms with van der Waals surface area (Å²) in [6.07, 6.45) is -3.27. The van der Waals surface area contributed by atoms with Crippen molar-refractivity contribution in [1.29, 1.82) is 0 Å². The predicted molar refractivity (Wildman–Crippen MR) is 85.7 cm³/mol. The van der Waals surface area contributed by atoms with Crippen LogP contribution in [-0.2, 0) is 12.7 Å². The Morgan fingerprint density at radius 1 is 1.31 bits per heavy atom. The molecule has 0 atom stereocenters. The zero-order chi connectivity index (χ0) is 18.7. The molecular weight excluding hydrogens is 351 g/mol. The number of azide groups is 1. The molecule has 0 aliphatic carbocycles. The zero-order valence-corrected chi connectivity index (χ0v) is 13.4. The summed E-state index contributed by atoms with van der Waals surface area (Å²) in [6.45, 7) is -0.0815. The van der Waals surface area contributed by atoms with E-state index in [2.05, 4.69) is 15.1 Å². The van der Waals surface area contributed by atoms with Gasteiger partial charge in [0, 0.05) is 11.0 Å². The number of alkyl halides is 3. The minimum absolute atomic E-state index is 0.0815. The Morgan fingerprint density at radius 3 is 2.73 bits per heavy atom. The van der Waals surface area contributed by atoms with Crippen LogP contribution in [-0.4, -0.2) is 16.9 Å². The molecule has 0 radical (unpaired) electrons. The van der Waals surface area contributed by atoms with E-state index in [0.29, 0.717) is 17.0 Å². The lowest BCUT2D eigenvalue weighted by Crippen LogP contribution is -2.08. The van der Waals surface area contributed by atoms with E-state index in [4.69, 9.17) is 14.7 Å². The highest BCUT2D eigenvalue weighted by Gasteiger charge is 2.35. The standard InChI is InChI=1S/C16H12F3N5O2/c1-25-11-4-5-12(10(7-11)9-21-23-20)24-13(14-3-2-6-26-14)8-15(22-24)16(17,18)19/h2-8H,9H2,1H3. The minimum Gasteiger partial charge on any atom is -0.497 e. The third kappa shape index (κ3) is 3.35. The van der Waals surface area contributed by atoms with E-state index >= 15 is 0 Å². The fourth-order valence-electron chi connectivity index (χ4n) is 2.43. The molecule has 134 valence electrons. The largest absolute Gasteiger partial charge is 0.497 e. The summed E-state index contributed by atoms with van der Waals surface area (Å²) in [4.78, 5) is 2.69. The van der Waals surface area contributed by atoms with Gasteiger partial charge in [0.1, 0.15) is 11.4 Å². The topological polar surface area (TPSA) is 89.0 Å². The van der Waals surface area contributed by atoms with Crippen molar-refractivity contribution in [3.05, 3.63) is 64.4 Å². The molecule has 2 heterocycles. The number of furan rings is 1. The molecule has 10 heteroatoms. The van der Waals surface area contributed by atoms with Crippen LogP contribution in [0, 0.1) is 0 Å². The predicted octanol–water partition coefficient (Wildman–Crippen LogP) is 4.97. The molecule has 0 aliphatic heterocycles. The van der Waals surface area contributed by atoms with Crippen molar-refractivity contribution in [2.75, 3.05) is 7.11 Å². The van der Waals surface area contributed by atoms with Crippen LogP contribution in [0.25, 0.3) is 27.6 Å². The van der Waals surface area contributed by atoms with Gasteiger partial charge < -0.3 is 9.15 Å². The van der Waals surface area contributed by atoms with Crippen molar-refractivity contribution < 1.29 is 22.3 Å². The van der Waals surface area contributed by atoms with Crippen LogP contribution in [0.15, 0.2) is 52.2 Å². The second kappa shape index (κ2) is 6.85. The summed E-state index contributed by atoms with van der Waals surface area (Å²) in [5.74, 6) is 0.693. The van der Waals surface area contributed by atoms with Gasteiger partial charge in [-0.1, -0.05) is 5.11 Å². The van der Waals surface area contributed by atoms with Gasteiger partial charge in [-0.2, -0.15) is 18.3 Å². The van der Waals surface area contributed by atoms with Crippen LogP contribution in [0.1, 0.15) is 11.3 Å². The summed E-state index contributed by atoms with van der Waals surface area (Å²) < 4.78 is 51.0. The van der Waals surface area contributed by atoms with Gasteiger partial charge in [0.25, 0.3) is 0 Å². The van der Waals surface area contributed by atoms with Crippen molar-refractivity contribution in [2.45, 2.75) is 12.7 Å². The van der Waals surface area contributed by atoms with E-state index in [1.54, 1.807) is 24.3 Å². The number of rotatable bonds is 5. The van der Waals surface area contributed by atoms with Crippen LogP contribution >= 0.6 is 0 Å². The van der Waals surface area contributed by atoms with Crippen LogP contribution < -0.4 is 4.74 Å². The van der Waals surface area contributed by atoms with Crippen molar-refractivity contribution in [2.24, 2.45) is 5.11 Å². The highest BCUT2D eigenvalue weighted by molar-refractivity contribution is 5.59. The SMILES string of the molecule is COc1ccc(-n2nc(C(F)(F)F)cc2-c2ccco2)c(CN=[N+]=[N-])c1. The number of hydrogen-bond acceptors (Lipinski definition) is 4. The second-order valence-electron chi connectivity index (χ2n) is 5.19. The normalized spacial score (nSPS) is 11.2. The number of nitrogens with zero attached hydrogens (tertiary/aromatic N) is 5. The van der Waals surface area contributed by atoms with E-state index in [1.165, 1.54) is 19.4 Å². The van der Waals surface area contributed by atoms with Gasteiger partial charge in [-0.3, -0.25) is 0 Å². The summed E-state index contributed by atoms with van der Waals surface area (Å²) in [5, 5.41) is 7.18. The molecule has 7 nitrogen and oxygen atoms in total. The average molecular weight is 363 g/mol. The summed E-state index contributed by atoms with van der Waals surface area (Å²) in [5.41, 5.74) is 8.40. The van der Waals surface area contributed by atoms with Gasteiger partial charge in [-0.05, 0) is 41.4 Å². The Hall–Kier alpha value is -3.39. The molecule has 26 heavy (non-hydrogen) atoms. The second-order valence-corrected chi connectivity index (χ2v) is 5.19. The third-order valence-electron chi connectivity index (χ3n) is 3.59. The van der Waals surface area contributed by atoms with Gasteiger partial charge in [0.2, 0.25) is 0 Å². The Bertz CT molecular complexity index is 957. The first-order valence-electron chi connectivity index (χ1n) is 7.33. The maximum atomic E-state index is 13.2. The number of halogens is 3. The van der Waals surface area contributed by atoms with Gasteiger partial charge >= 0.3 is 6.18 Å². The Balaban J connectivity index is 2.22. The van der Waals surface area contributed by atoms with E-state index < -0.39 is 11.9 Å². The fraction of sp³-hybridized carbons (Fsp3) is 0.188. The molecule has 0 unspecified atom stereocenters. The Kier molecular flexibility index (Phi) is 4.59. The quantitative estimate of drug-likeness (QED) is 0.364. The van der Waals surface area contributed by atoms with E-state index in [0.717, 1.165) is 10.7 Å². The number of ether oxygens (including phenoxy) is 1. The average Bonchev–Trinajstić information content (AvgIpc) is 3.28. The summed E-state index contributed by atoms with van der Waals surface area (Å²) in [7, 11) is 1.45. The molecule has 0 fully saturated rings. The van der Waals surface area contributed by atoms with Crippen molar-refractivity contribution >= 4 is 0 Å². The first-order chi connectivity index (χ1) is 12.4. The molecule has 0 N–H and O–H groups in total. The summed E-state index contributed by atoms with van der Waals surface area (Å²) in [6, 6.07) is 8.70. The highest BCUT2D eigenvalue weighted by atomic mass is 19.4. The third-order valence-corrected chi connectivity index (χ3v) is 3.59. The maximum Gasteiger partial charge on any atom is 0.435 e. The monoisotopic (exact) mass is 363 g/mol. The molecule has 2 aromatic heterocycles. The molecule has 0 saturated heterocycles. The minimum atomic E-state index is -4.62. The molecule has 1 aromatic carbocycles. The number of benzene rings is 1. The van der Waals surface area contributed by atoms with E-state index in [1.807, 2.05) is 0 Å². The zero-order valence-electron chi connectivity index (χ0n) is 13.4. The molecular formula is C16H12F3N5O2. The molecule has 0 aliphatic rings. The van der Waals surface area contributed by atoms with Crippen LogP contribution in [0.3, 0.4) is 0 Å². The highest BCUT2D eigenvalue weighted by Crippen LogP contribution is 2.34. The van der Waals surface area contributed by atoms with E-state index in [-0.39, 0.29) is 18.0 Å². The molecule has 3 rings (SSSR count). The number of aromatic nitrogens is 2. The Labute approximate surface area is 145 Å². The fourth-order valence-corrected chi connectivity index (χ4v) is 2.43. The first-order valence-corrected chi connectivity index (χ1v) is 7.33. The van der Waals surface area contributed by atoms with Crippen molar-refractivity contribution in [3.8, 4) is 22.9 Å².